The summed E-state index contributed by atoms with van der Waals surface area (Å²) in [6, 6.07) is 15.2. The summed E-state index contributed by atoms with van der Waals surface area (Å²) in [5, 5.41) is 11.3. The smallest absolute Gasteiger partial charge is 0.251 e. The molecule has 9 heteroatoms. The predicted octanol–water partition coefficient (Wildman–Crippen LogP) is 5.22. The van der Waals surface area contributed by atoms with Crippen molar-refractivity contribution in [2.75, 3.05) is 31.1 Å². The van der Waals surface area contributed by atoms with E-state index >= 15 is 0 Å². The van der Waals surface area contributed by atoms with E-state index in [-0.39, 0.29) is 42.0 Å². The third kappa shape index (κ3) is 5.50. The number of aliphatic hydroxyl groups is 1. The molecule has 234 valence electrons. The van der Waals surface area contributed by atoms with Gasteiger partial charge >= 0.3 is 0 Å². The summed E-state index contributed by atoms with van der Waals surface area (Å²) in [5.41, 5.74) is 1.60. The molecule has 3 saturated heterocycles. The molecule has 0 aliphatic carbocycles. The van der Waals surface area contributed by atoms with Gasteiger partial charge in [0.15, 0.2) is 0 Å². The third-order valence-corrected chi connectivity index (χ3v) is 11.8. The molecule has 0 aromatic heterocycles. The lowest BCUT2D eigenvalue weighted by atomic mass is 9.65. The summed E-state index contributed by atoms with van der Waals surface area (Å²) in [4.78, 5) is 49.2. The zero-order valence-corrected chi connectivity index (χ0v) is 27.1. The second kappa shape index (κ2) is 13.5. The Balaban J connectivity index is 1.63. The van der Waals surface area contributed by atoms with Crippen molar-refractivity contribution in [3.05, 3.63) is 90.5 Å². The van der Waals surface area contributed by atoms with Crippen LogP contribution in [0.1, 0.15) is 32.3 Å². The van der Waals surface area contributed by atoms with E-state index in [1.165, 1.54) is 0 Å². The van der Waals surface area contributed by atoms with Gasteiger partial charge in [-0.15, -0.1) is 24.9 Å². The summed E-state index contributed by atoms with van der Waals surface area (Å²) < 4.78 is -0.818. The monoisotopic (exact) mass is 635 g/mol. The molecule has 2 aromatic carbocycles. The fourth-order valence-electron chi connectivity index (χ4n) is 7.70. The minimum atomic E-state index is -0.877. The number of fused-ring (bicyclic) bond motifs is 1. The van der Waals surface area contributed by atoms with E-state index < -0.39 is 28.7 Å². The number of likely N-dealkylation sites (tertiary alicyclic amines) is 1. The molecule has 0 saturated carbocycles. The number of carbonyl (C=O) groups is 3. The molecule has 1 N–H and O–H groups in total. The molecule has 5 rings (SSSR count). The highest BCUT2D eigenvalue weighted by atomic mass is 35.5. The lowest BCUT2D eigenvalue weighted by Gasteiger charge is -2.42. The highest BCUT2D eigenvalue weighted by Crippen LogP contribution is 2.69. The number of amides is 3. The van der Waals surface area contributed by atoms with Crippen LogP contribution in [0.2, 0.25) is 5.02 Å². The number of hydrogen-bond donors (Lipinski definition) is 1. The van der Waals surface area contributed by atoms with E-state index in [9.17, 15) is 19.5 Å². The van der Waals surface area contributed by atoms with E-state index in [0.29, 0.717) is 30.2 Å². The summed E-state index contributed by atoms with van der Waals surface area (Å²) in [5.74, 6) is -1.72. The molecule has 2 bridgehead atoms. The fraction of sp³-hybridized carbons (Fsp3) is 0.457. The quantitative estimate of drug-likeness (QED) is 0.305. The molecule has 1 spiro atoms. The number of anilines is 1. The maximum absolute atomic E-state index is 15.0. The Bertz CT molecular complexity index is 1390. The van der Waals surface area contributed by atoms with Crippen LogP contribution in [0.5, 0.6) is 0 Å². The second-order valence-electron chi connectivity index (χ2n) is 12.1. The van der Waals surface area contributed by atoms with Gasteiger partial charge in [-0.25, -0.2) is 0 Å². The van der Waals surface area contributed by atoms with Gasteiger partial charge in [0, 0.05) is 35.6 Å². The van der Waals surface area contributed by atoms with Gasteiger partial charge in [0.25, 0.3) is 5.91 Å². The van der Waals surface area contributed by atoms with Crippen LogP contribution in [0.4, 0.5) is 5.69 Å². The van der Waals surface area contributed by atoms with E-state index in [1.807, 2.05) is 37.3 Å². The maximum atomic E-state index is 15.0. The molecule has 2 aromatic rings. The van der Waals surface area contributed by atoms with Crippen LogP contribution < -0.4 is 4.90 Å². The van der Waals surface area contributed by atoms with Crippen molar-refractivity contribution in [2.45, 2.75) is 55.2 Å². The molecule has 7 atom stereocenters. The number of rotatable bonds is 13. The number of benzene rings is 2. The van der Waals surface area contributed by atoms with Crippen molar-refractivity contribution >= 4 is 46.8 Å². The first kappa shape index (κ1) is 32.3. The number of nitrogens with zero attached hydrogens (tertiary/aromatic N) is 3. The first-order valence-electron chi connectivity index (χ1n) is 15.5. The Labute approximate surface area is 269 Å². The molecule has 3 fully saturated rings. The van der Waals surface area contributed by atoms with Gasteiger partial charge in [-0.1, -0.05) is 67.9 Å². The van der Waals surface area contributed by atoms with Crippen molar-refractivity contribution in [3.63, 3.8) is 0 Å². The first-order valence-corrected chi connectivity index (χ1v) is 16.7. The molecule has 3 unspecified atom stereocenters. The van der Waals surface area contributed by atoms with Crippen LogP contribution in [-0.2, 0) is 20.8 Å². The standard InChI is InChI=1S/C35H42ClN3O4S/c1-5-17-37(18-6-2)32(41)29-28-20-23(4)35(44-28)30(29)33(42)39(27(22-40)21-24-11-9-8-10-12-24)31(35)34(43)38(19-7-3)26-15-13-25(36)14-16-26/h5,7-16,23,27-31,40H,1,3,6,17-22H2,2,4H3/t23?,27-,28-,29+,30+,31?,35?/m1/s1. The Kier molecular flexibility index (Phi) is 9.93. The zero-order valence-electron chi connectivity index (χ0n) is 25.5. The van der Waals surface area contributed by atoms with Crippen LogP contribution in [0.15, 0.2) is 79.9 Å². The van der Waals surface area contributed by atoms with E-state index in [2.05, 4.69) is 20.1 Å². The number of thioether (sulfide) groups is 1. The van der Waals surface area contributed by atoms with Gasteiger partial charge in [-0.3, -0.25) is 14.4 Å². The number of carbonyl (C=O) groups excluding carboxylic acids is 3. The molecule has 3 heterocycles. The first-order chi connectivity index (χ1) is 21.2. The van der Waals surface area contributed by atoms with Gasteiger partial charge in [0.1, 0.15) is 6.04 Å². The highest BCUT2D eigenvalue weighted by Gasteiger charge is 2.77. The zero-order chi connectivity index (χ0) is 31.6. The maximum Gasteiger partial charge on any atom is 0.251 e. The minimum absolute atomic E-state index is 0.000321. The molecular weight excluding hydrogens is 594 g/mol. The van der Waals surface area contributed by atoms with E-state index in [4.69, 9.17) is 11.6 Å². The van der Waals surface area contributed by atoms with Gasteiger partial charge < -0.3 is 19.8 Å². The van der Waals surface area contributed by atoms with E-state index in [0.717, 1.165) is 18.4 Å². The molecule has 3 amide bonds. The largest absolute Gasteiger partial charge is 0.394 e. The molecule has 0 radical (unpaired) electrons. The number of halogens is 1. The molecule has 3 aliphatic heterocycles. The number of aliphatic hydroxyl groups excluding tert-OH is 1. The predicted molar refractivity (Wildman–Crippen MR) is 178 cm³/mol. The molecule has 7 nitrogen and oxygen atoms in total. The van der Waals surface area contributed by atoms with Gasteiger partial charge in [-0.2, -0.15) is 0 Å². The second-order valence-corrected chi connectivity index (χ2v) is 14.1. The highest BCUT2D eigenvalue weighted by molar-refractivity contribution is 8.02. The van der Waals surface area contributed by atoms with Crippen molar-refractivity contribution in [1.82, 2.24) is 9.80 Å². The van der Waals surface area contributed by atoms with Crippen molar-refractivity contribution in [2.24, 2.45) is 17.8 Å². The van der Waals surface area contributed by atoms with Gasteiger partial charge in [-0.05, 0) is 55.0 Å². The normalized spacial score (nSPS) is 27.6. The van der Waals surface area contributed by atoms with Gasteiger partial charge in [0.2, 0.25) is 11.8 Å². The average molecular weight is 636 g/mol. The lowest BCUT2D eigenvalue weighted by Crippen LogP contribution is -2.59. The number of hydrogen-bond acceptors (Lipinski definition) is 5. The third-order valence-electron chi connectivity index (χ3n) is 9.49. The van der Waals surface area contributed by atoms with E-state index in [1.54, 1.807) is 62.9 Å². The van der Waals surface area contributed by atoms with Crippen LogP contribution in [0.25, 0.3) is 0 Å². The van der Waals surface area contributed by atoms with Crippen LogP contribution in [-0.4, -0.2) is 80.9 Å². The summed E-state index contributed by atoms with van der Waals surface area (Å²) >= 11 is 7.84. The summed E-state index contributed by atoms with van der Waals surface area (Å²) in [6.45, 7) is 12.8. The van der Waals surface area contributed by atoms with Crippen molar-refractivity contribution in [3.8, 4) is 0 Å². The topological polar surface area (TPSA) is 81.2 Å². The Morgan fingerprint density at radius 2 is 1.80 bits per heavy atom. The van der Waals surface area contributed by atoms with Crippen LogP contribution in [0.3, 0.4) is 0 Å². The molecular formula is C35H42ClN3O4S. The summed E-state index contributed by atoms with van der Waals surface area (Å²) in [6.07, 6.45) is 5.31. The summed E-state index contributed by atoms with van der Waals surface area (Å²) in [7, 11) is 0. The SMILES string of the molecule is C=CCN(CCC)C(=O)[C@@H]1[C@H]2C(=O)N([C@@H](CO)Cc3ccccc3)C(C(=O)N(CC=C)c3ccc(Cl)cc3)C23S[C@@H]1CC3C. The van der Waals surface area contributed by atoms with Crippen molar-refractivity contribution < 1.29 is 19.5 Å². The minimum Gasteiger partial charge on any atom is -0.394 e. The van der Waals surface area contributed by atoms with Crippen LogP contribution in [0, 0.1) is 17.8 Å². The van der Waals surface area contributed by atoms with Gasteiger partial charge in [0.05, 0.1) is 29.2 Å². The Morgan fingerprint density at radius 1 is 1.11 bits per heavy atom. The Morgan fingerprint density at radius 3 is 2.41 bits per heavy atom. The Hall–Kier alpha value is -3.07. The fourth-order valence-corrected chi connectivity index (χ4v) is 10.2. The van der Waals surface area contributed by atoms with Crippen molar-refractivity contribution in [1.29, 1.82) is 0 Å². The lowest BCUT2D eigenvalue weighted by molar-refractivity contribution is -0.145. The average Bonchev–Trinajstić information content (AvgIpc) is 3.62. The van der Waals surface area contributed by atoms with Crippen LogP contribution >= 0.6 is 23.4 Å². The molecule has 3 aliphatic rings. The molecule has 44 heavy (non-hydrogen) atoms.